The van der Waals surface area contributed by atoms with Gasteiger partial charge in [0.25, 0.3) is 0 Å². The second kappa shape index (κ2) is 6.59. The molecule has 0 N–H and O–H groups in total. The van der Waals surface area contributed by atoms with Crippen molar-refractivity contribution in [1.29, 1.82) is 0 Å². The van der Waals surface area contributed by atoms with Crippen molar-refractivity contribution in [3.05, 3.63) is 84.6 Å². The molecule has 0 spiro atoms. The highest BCUT2D eigenvalue weighted by Gasteiger charge is 2.17. The zero-order chi connectivity index (χ0) is 20.1. The van der Waals surface area contributed by atoms with Crippen molar-refractivity contribution in [3.8, 4) is 11.3 Å². The number of hydrogen-bond donors (Lipinski definition) is 0. The molecule has 0 radical (unpaired) electrons. The summed E-state index contributed by atoms with van der Waals surface area (Å²) in [6.07, 6.45) is 1.89. The number of rotatable bonds is 3. The second-order valence-corrected chi connectivity index (χ2v) is 8.04. The van der Waals surface area contributed by atoms with Crippen molar-refractivity contribution in [1.82, 2.24) is 4.98 Å². The van der Waals surface area contributed by atoms with Gasteiger partial charge in [0.1, 0.15) is 11.2 Å². The van der Waals surface area contributed by atoms with E-state index in [2.05, 4.69) is 69.0 Å². The molecule has 0 bridgehead atoms. The summed E-state index contributed by atoms with van der Waals surface area (Å²) in [4.78, 5) is 4.75. The zero-order valence-corrected chi connectivity index (χ0v) is 17.0. The van der Waals surface area contributed by atoms with Gasteiger partial charge in [-0.15, -0.1) is 0 Å². The number of furan rings is 1. The largest absolute Gasteiger partial charge is 0.455 e. The number of aromatic nitrogens is 1. The fourth-order valence-corrected chi connectivity index (χ4v) is 4.16. The Hall–Kier alpha value is -3.39. The maximum Gasteiger partial charge on any atom is 0.144 e. The molecule has 0 saturated carbocycles. The van der Waals surface area contributed by atoms with Crippen molar-refractivity contribution < 1.29 is 4.42 Å². The summed E-state index contributed by atoms with van der Waals surface area (Å²) in [5.74, 6) is 0.496. The number of para-hydroxylation sites is 1. The Balaban J connectivity index is 1.83. The average molecular weight is 377 g/mol. The van der Waals surface area contributed by atoms with E-state index in [1.54, 1.807) is 0 Å². The molecule has 2 nitrogen and oxygen atoms in total. The molecule has 0 unspecified atom stereocenters. The Kier molecular flexibility index (Phi) is 4.02. The van der Waals surface area contributed by atoms with Crippen LogP contribution < -0.4 is 0 Å². The predicted octanol–water partition coefficient (Wildman–Crippen LogP) is 7.96. The van der Waals surface area contributed by atoms with Crippen LogP contribution in [0.1, 0.15) is 37.8 Å². The molecule has 5 rings (SSSR count). The van der Waals surface area contributed by atoms with Gasteiger partial charge in [-0.3, -0.25) is 4.98 Å². The van der Waals surface area contributed by atoms with Crippen molar-refractivity contribution in [3.63, 3.8) is 0 Å². The Labute approximate surface area is 170 Å². The maximum absolute atomic E-state index is 6.36. The Bertz CT molecular complexity index is 1400. The van der Waals surface area contributed by atoms with Gasteiger partial charge in [-0.25, -0.2) is 0 Å². The number of nitrogens with zero attached hydrogens (tertiary/aromatic N) is 1. The van der Waals surface area contributed by atoms with Crippen molar-refractivity contribution in [2.24, 2.45) is 0 Å². The molecule has 2 aromatic heterocycles. The van der Waals surface area contributed by atoms with E-state index in [0.29, 0.717) is 5.92 Å². The number of pyridine rings is 1. The SMILES string of the molecule is C=C(C)c1cccc2oc3c(-c4nccc5cc(C(C)C)ccc45)cccc3c12. The van der Waals surface area contributed by atoms with Crippen LogP contribution in [0.25, 0.3) is 49.5 Å². The first kappa shape index (κ1) is 17.7. The van der Waals surface area contributed by atoms with Gasteiger partial charge in [0, 0.05) is 27.9 Å². The molecule has 0 aliphatic carbocycles. The molecule has 0 atom stereocenters. The summed E-state index contributed by atoms with van der Waals surface area (Å²) >= 11 is 0. The third kappa shape index (κ3) is 2.75. The average Bonchev–Trinajstić information content (AvgIpc) is 3.11. The molecule has 0 amide bonds. The summed E-state index contributed by atoms with van der Waals surface area (Å²) in [7, 11) is 0. The third-order valence-electron chi connectivity index (χ3n) is 5.69. The predicted molar refractivity (Wildman–Crippen MR) is 123 cm³/mol. The Morgan fingerprint density at radius 2 is 1.79 bits per heavy atom. The van der Waals surface area contributed by atoms with Crippen LogP contribution in [0.2, 0.25) is 0 Å². The monoisotopic (exact) mass is 377 g/mol. The minimum atomic E-state index is 0.496. The van der Waals surface area contributed by atoms with E-state index < -0.39 is 0 Å². The van der Waals surface area contributed by atoms with Crippen LogP contribution in [0.15, 0.2) is 77.9 Å². The lowest BCUT2D eigenvalue weighted by Crippen LogP contribution is -1.90. The Morgan fingerprint density at radius 1 is 0.966 bits per heavy atom. The standard InChI is InChI=1S/C27H23NO/c1-16(2)18-11-12-21-19(15-18)13-14-28-26(21)23-9-5-8-22-25-20(17(3)4)7-6-10-24(25)29-27(22)23/h5-16H,3H2,1-2,4H3. The van der Waals surface area contributed by atoms with Gasteiger partial charge in [0.15, 0.2) is 0 Å². The molecule has 142 valence electrons. The smallest absolute Gasteiger partial charge is 0.144 e. The molecular weight excluding hydrogens is 354 g/mol. The molecule has 3 aromatic carbocycles. The minimum absolute atomic E-state index is 0.496. The normalized spacial score (nSPS) is 11.7. The number of allylic oxidation sites excluding steroid dienone is 1. The van der Waals surface area contributed by atoms with Crippen molar-refractivity contribution >= 4 is 38.3 Å². The lowest BCUT2D eigenvalue weighted by molar-refractivity contribution is 0.670. The lowest BCUT2D eigenvalue weighted by atomic mass is 9.96. The molecule has 0 fully saturated rings. The highest BCUT2D eigenvalue weighted by Crippen LogP contribution is 2.40. The third-order valence-corrected chi connectivity index (χ3v) is 5.69. The number of benzene rings is 3. The molecule has 0 aliphatic heterocycles. The lowest BCUT2D eigenvalue weighted by Gasteiger charge is -2.10. The summed E-state index contributed by atoms with van der Waals surface area (Å²) in [6.45, 7) is 10.6. The van der Waals surface area contributed by atoms with E-state index >= 15 is 0 Å². The van der Waals surface area contributed by atoms with Gasteiger partial charge < -0.3 is 4.42 Å². The van der Waals surface area contributed by atoms with Gasteiger partial charge >= 0.3 is 0 Å². The van der Waals surface area contributed by atoms with E-state index in [9.17, 15) is 0 Å². The van der Waals surface area contributed by atoms with Crippen molar-refractivity contribution in [2.45, 2.75) is 26.7 Å². The van der Waals surface area contributed by atoms with Gasteiger partial charge in [-0.1, -0.05) is 68.5 Å². The van der Waals surface area contributed by atoms with Crippen LogP contribution in [0.5, 0.6) is 0 Å². The van der Waals surface area contributed by atoms with Crippen LogP contribution in [-0.2, 0) is 0 Å². The quantitative estimate of drug-likeness (QED) is 0.319. The van der Waals surface area contributed by atoms with Gasteiger partial charge in [-0.2, -0.15) is 0 Å². The topological polar surface area (TPSA) is 26.0 Å². The van der Waals surface area contributed by atoms with E-state index in [1.165, 1.54) is 10.9 Å². The highest BCUT2D eigenvalue weighted by molar-refractivity contribution is 6.14. The van der Waals surface area contributed by atoms with Crippen LogP contribution in [0.4, 0.5) is 0 Å². The van der Waals surface area contributed by atoms with Gasteiger partial charge in [0.05, 0.1) is 5.69 Å². The molecule has 5 aromatic rings. The van der Waals surface area contributed by atoms with E-state index in [0.717, 1.165) is 49.7 Å². The fourth-order valence-electron chi connectivity index (χ4n) is 4.16. The van der Waals surface area contributed by atoms with Crippen LogP contribution in [0.3, 0.4) is 0 Å². The molecule has 0 saturated heterocycles. The first-order valence-electron chi connectivity index (χ1n) is 10.0. The van der Waals surface area contributed by atoms with E-state index in [-0.39, 0.29) is 0 Å². The van der Waals surface area contributed by atoms with Crippen LogP contribution >= 0.6 is 0 Å². The number of hydrogen-bond acceptors (Lipinski definition) is 2. The molecule has 29 heavy (non-hydrogen) atoms. The summed E-state index contributed by atoms with van der Waals surface area (Å²) in [6, 6.07) is 21.2. The first-order chi connectivity index (χ1) is 14.0. The van der Waals surface area contributed by atoms with Crippen LogP contribution in [-0.4, -0.2) is 4.98 Å². The molecule has 0 aliphatic rings. The Morgan fingerprint density at radius 3 is 2.59 bits per heavy atom. The maximum atomic E-state index is 6.36. The van der Waals surface area contributed by atoms with E-state index in [1.807, 2.05) is 25.3 Å². The zero-order valence-electron chi connectivity index (χ0n) is 17.0. The number of fused-ring (bicyclic) bond motifs is 4. The molecular formula is C27H23NO. The minimum Gasteiger partial charge on any atom is -0.455 e. The summed E-state index contributed by atoms with van der Waals surface area (Å²) < 4.78 is 6.36. The summed E-state index contributed by atoms with van der Waals surface area (Å²) in [5.41, 5.74) is 7.25. The fraction of sp³-hybridized carbons (Fsp3) is 0.148. The summed E-state index contributed by atoms with van der Waals surface area (Å²) in [5, 5.41) is 4.58. The van der Waals surface area contributed by atoms with Gasteiger partial charge in [0.2, 0.25) is 0 Å². The highest BCUT2D eigenvalue weighted by atomic mass is 16.3. The second-order valence-electron chi connectivity index (χ2n) is 8.04. The molecule has 2 heterocycles. The van der Waals surface area contributed by atoms with Crippen LogP contribution in [0, 0.1) is 0 Å². The van der Waals surface area contributed by atoms with Gasteiger partial charge in [-0.05, 0) is 47.6 Å². The first-order valence-corrected chi connectivity index (χ1v) is 10.0. The van der Waals surface area contributed by atoms with E-state index in [4.69, 9.17) is 9.40 Å². The van der Waals surface area contributed by atoms with Crippen molar-refractivity contribution in [2.75, 3.05) is 0 Å². The molecule has 2 heteroatoms.